The fraction of sp³-hybridized carbons (Fsp3) is 0. The summed E-state index contributed by atoms with van der Waals surface area (Å²) in [5, 5.41) is 10.5. The van der Waals surface area contributed by atoms with Gasteiger partial charge in [0.2, 0.25) is 0 Å². The number of pyridine rings is 1. The number of amides is 1. The maximum absolute atomic E-state index is 11.2. The number of nitrogen functional groups attached to an aromatic ring is 1. The van der Waals surface area contributed by atoms with E-state index < -0.39 is 10.8 Å². The van der Waals surface area contributed by atoms with Crippen molar-refractivity contribution in [1.29, 1.82) is 0 Å². The Morgan fingerprint density at radius 2 is 2.17 bits per heavy atom. The van der Waals surface area contributed by atoms with Crippen molar-refractivity contribution in [1.82, 2.24) is 9.97 Å². The van der Waals surface area contributed by atoms with Gasteiger partial charge in [0.05, 0.1) is 5.56 Å². The Bertz CT molecular complexity index is 617. The second-order valence-electron chi connectivity index (χ2n) is 3.52. The molecule has 2 rings (SSSR count). The quantitative estimate of drug-likeness (QED) is 0.539. The van der Waals surface area contributed by atoms with Gasteiger partial charge in [0.1, 0.15) is 12.0 Å². The topological polar surface area (TPSA) is 141 Å². The third-order valence-electron chi connectivity index (χ3n) is 2.40. The third kappa shape index (κ3) is 1.86. The van der Waals surface area contributed by atoms with Crippen molar-refractivity contribution in [3.63, 3.8) is 0 Å². The fourth-order valence-electron chi connectivity index (χ4n) is 1.59. The Balaban J connectivity index is 2.49. The molecule has 18 heavy (non-hydrogen) atoms. The minimum atomic E-state index is -0.679. The Hall–Kier alpha value is -2.90. The number of aromatic nitrogens is 2. The highest BCUT2D eigenvalue weighted by molar-refractivity contribution is 6.04. The molecule has 0 aromatic carbocycles. The number of aromatic amines is 1. The van der Waals surface area contributed by atoms with Crippen LogP contribution in [0, 0.1) is 10.1 Å². The van der Waals surface area contributed by atoms with Crippen molar-refractivity contribution in [2.24, 2.45) is 5.73 Å². The van der Waals surface area contributed by atoms with Crippen LogP contribution in [0.1, 0.15) is 10.4 Å². The van der Waals surface area contributed by atoms with Gasteiger partial charge in [-0.3, -0.25) is 4.79 Å². The monoisotopic (exact) mass is 247 g/mol. The van der Waals surface area contributed by atoms with Crippen LogP contribution in [0.5, 0.6) is 0 Å². The Labute approximate surface area is 101 Å². The van der Waals surface area contributed by atoms with Gasteiger partial charge in [-0.1, -0.05) is 0 Å². The Morgan fingerprint density at radius 1 is 1.44 bits per heavy atom. The molecular formula is C10H9N5O3. The number of nitrogens with two attached hydrogens (primary N) is 2. The van der Waals surface area contributed by atoms with E-state index in [0.29, 0.717) is 11.1 Å². The highest BCUT2D eigenvalue weighted by atomic mass is 16.6. The van der Waals surface area contributed by atoms with Gasteiger partial charge in [0.25, 0.3) is 5.91 Å². The molecule has 8 heteroatoms. The Kier molecular flexibility index (Phi) is 2.68. The highest BCUT2D eigenvalue weighted by Crippen LogP contribution is 2.27. The predicted octanol–water partition coefficient (Wildman–Crippen LogP) is 0.666. The molecule has 5 N–H and O–H groups in total. The number of hydrogen-bond donors (Lipinski definition) is 3. The number of nitrogens with zero attached hydrogens (tertiary/aromatic N) is 2. The van der Waals surface area contributed by atoms with E-state index in [2.05, 4.69) is 9.97 Å². The third-order valence-corrected chi connectivity index (χ3v) is 2.40. The average Bonchev–Trinajstić information content (AvgIpc) is 2.71. The zero-order valence-electron chi connectivity index (χ0n) is 9.08. The van der Waals surface area contributed by atoms with Crippen LogP contribution >= 0.6 is 0 Å². The van der Waals surface area contributed by atoms with Gasteiger partial charge in [-0.25, -0.2) is 0 Å². The van der Waals surface area contributed by atoms with Crippen LogP contribution in [0.15, 0.2) is 24.5 Å². The minimum absolute atomic E-state index is 0.144. The molecule has 2 aromatic heterocycles. The lowest BCUT2D eigenvalue weighted by Gasteiger charge is -1.99. The number of carbonyl (C=O) groups is 1. The second kappa shape index (κ2) is 4.17. The van der Waals surface area contributed by atoms with Crippen LogP contribution in [0.3, 0.4) is 0 Å². The van der Waals surface area contributed by atoms with Gasteiger partial charge in [-0.2, -0.15) is 0 Å². The first-order chi connectivity index (χ1) is 8.50. The molecule has 92 valence electrons. The molecule has 0 saturated carbocycles. The number of nitro groups is 1. The highest BCUT2D eigenvalue weighted by Gasteiger charge is 2.17. The van der Waals surface area contributed by atoms with E-state index in [1.165, 1.54) is 24.5 Å². The molecule has 0 unspecified atom stereocenters. The van der Waals surface area contributed by atoms with Gasteiger partial charge in [0.15, 0.2) is 0 Å². The summed E-state index contributed by atoms with van der Waals surface area (Å²) in [7, 11) is 0. The maximum atomic E-state index is 11.2. The largest absolute Gasteiger partial charge is 0.385 e. The SMILES string of the molecule is NC(=O)c1c(-c2ccc([N+](=O)[O-])nc2)c[nH]c1N. The summed E-state index contributed by atoms with van der Waals surface area (Å²) in [5.41, 5.74) is 11.9. The molecule has 0 bridgehead atoms. The number of H-pyrrole nitrogens is 1. The zero-order valence-corrected chi connectivity index (χ0v) is 9.08. The molecule has 8 nitrogen and oxygen atoms in total. The fourth-order valence-corrected chi connectivity index (χ4v) is 1.59. The number of anilines is 1. The molecule has 0 aliphatic heterocycles. The van der Waals surface area contributed by atoms with Crippen molar-refractivity contribution in [2.45, 2.75) is 0 Å². The Morgan fingerprint density at radius 3 is 2.67 bits per heavy atom. The molecule has 2 heterocycles. The van der Waals surface area contributed by atoms with Gasteiger partial charge < -0.3 is 26.6 Å². The summed E-state index contributed by atoms with van der Waals surface area (Å²) in [4.78, 5) is 27.4. The average molecular weight is 247 g/mol. The number of rotatable bonds is 3. The standard InChI is InChI=1S/C10H9N5O3/c11-9-8(10(12)16)6(4-14-9)5-1-2-7(13-3-5)15(17)18/h1-4,14H,11H2,(H2,12,16). The first-order valence-corrected chi connectivity index (χ1v) is 4.88. The molecule has 1 amide bonds. The van der Waals surface area contributed by atoms with E-state index in [4.69, 9.17) is 11.5 Å². The summed E-state index contributed by atoms with van der Waals surface area (Å²) < 4.78 is 0. The predicted molar refractivity (Wildman–Crippen MR) is 63.6 cm³/mol. The van der Waals surface area contributed by atoms with Crippen LogP contribution in [-0.2, 0) is 0 Å². The first kappa shape index (κ1) is 11.6. The number of hydrogen-bond acceptors (Lipinski definition) is 5. The molecular weight excluding hydrogens is 238 g/mol. The lowest BCUT2D eigenvalue weighted by atomic mass is 10.1. The molecule has 0 spiro atoms. The van der Waals surface area contributed by atoms with E-state index >= 15 is 0 Å². The van der Waals surface area contributed by atoms with Gasteiger partial charge >= 0.3 is 5.82 Å². The minimum Gasteiger partial charge on any atom is -0.385 e. The van der Waals surface area contributed by atoms with Gasteiger partial charge in [0, 0.05) is 23.4 Å². The molecule has 0 aliphatic carbocycles. The summed E-state index contributed by atoms with van der Waals surface area (Å²) in [6.07, 6.45) is 2.78. The lowest BCUT2D eigenvalue weighted by molar-refractivity contribution is -0.389. The van der Waals surface area contributed by atoms with E-state index in [1.807, 2.05) is 0 Å². The van der Waals surface area contributed by atoms with Crippen LogP contribution in [0.4, 0.5) is 11.6 Å². The summed E-state index contributed by atoms with van der Waals surface area (Å²) >= 11 is 0. The van der Waals surface area contributed by atoms with Crippen molar-refractivity contribution in [3.05, 3.63) is 40.2 Å². The molecule has 0 aliphatic rings. The normalized spacial score (nSPS) is 10.2. The van der Waals surface area contributed by atoms with E-state index in [0.717, 1.165) is 0 Å². The number of carbonyl (C=O) groups excluding carboxylic acids is 1. The number of primary amides is 1. The van der Waals surface area contributed by atoms with Gasteiger partial charge in [-0.05, 0) is 16.0 Å². The molecule has 0 radical (unpaired) electrons. The van der Waals surface area contributed by atoms with E-state index in [9.17, 15) is 14.9 Å². The van der Waals surface area contributed by atoms with Crippen LogP contribution in [-0.4, -0.2) is 20.8 Å². The van der Waals surface area contributed by atoms with Crippen LogP contribution in [0.25, 0.3) is 11.1 Å². The van der Waals surface area contributed by atoms with Crippen molar-refractivity contribution in [3.8, 4) is 11.1 Å². The maximum Gasteiger partial charge on any atom is 0.363 e. The smallest absolute Gasteiger partial charge is 0.363 e. The lowest BCUT2D eigenvalue weighted by Crippen LogP contribution is -2.13. The molecule has 0 fully saturated rings. The molecule has 0 atom stereocenters. The molecule has 2 aromatic rings. The zero-order chi connectivity index (χ0) is 13.3. The summed E-state index contributed by atoms with van der Waals surface area (Å²) in [6.45, 7) is 0. The van der Waals surface area contributed by atoms with Crippen molar-refractivity contribution in [2.75, 3.05) is 5.73 Å². The first-order valence-electron chi connectivity index (χ1n) is 4.88. The summed E-state index contributed by atoms with van der Waals surface area (Å²) in [5.74, 6) is -0.805. The van der Waals surface area contributed by atoms with E-state index in [-0.39, 0.29) is 17.2 Å². The second-order valence-corrected chi connectivity index (χ2v) is 3.52. The van der Waals surface area contributed by atoms with Crippen LogP contribution < -0.4 is 11.5 Å². The van der Waals surface area contributed by atoms with Crippen LogP contribution in [0.2, 0.25) is 0 Å². The summed E-state index contributed by atoms with van der Waals surface area (Å²) in [6, 6.07) is 2.71. The van der Waals surface area contributed by atoms with E-state index in [1.54, 1.807) is 0 Å². The van der Waals surface area contributed by atoms with Crippen molar-refractivity contribution < 1.29 is 9.72 Å². The number of nitrogens with one attached hydrogen (secondary N) is 1. The van der Waals surface area contributed by atoms with Crippen molar-refractivity contribution >= 4 is 17.5 Å². The van der Waals surface area contributed by atoms with Gasteiger partial charge in [-0.15, -0.1) is 0 Å². The molecule has 0 saturated heterocycles.